The molecule has 1 fully saturated rings. The average molecular weight is 994 g/mol. The number of aromatic amines is 1. The predicted octanol–water partition coefficient (Wildman–Crippen LogP) is 7.44. The molecule has 17 heteroatoms. The highest BCUT2D eigenvalue weighted by Gasteiger charge is 2.28. The van der Waals surface area contributed by atoms with Gasteiger partial charge in [-0.2, -0.15) is 5.10 Å². The van der Waals surface area contributed by atoms with Gasteiger partial charge in [-0.3, -0.25) is 28.9 Å². The Kier molecular flexibility index (Phi) is 17.8. The highest BCUT2D eigenvalue weighted by molar-refractivity contribution is 6.04. The van der Waals surface area contributed by atoms with E-state index in [0.29, 0.717) is 60.2 Å². The molecule has 5 amide bonds. The molecule has 2 aromatic heterocycles. The second kappa shape index (κ2) is 24.6. The first-order valence-electron chi connectivity index (χ1n) is 24.8. The second-order valence-corrected chi connectivity index (χ2v) is 19.3. The van der Waals surface area contributed by atoms with E-state index in [1.807, 2.05) is 61.5 Å². The maximum absolute atomic E-state index is 15.0. The summed E-state index contributed by atoms with van der Waals surface area (Å²) in [7, 11) is 0. The van der Waals surface area contributed by atoms with Crippen molar-refractivity contribution in [1.29, 1.82) is 0 Å². The number of pyridine rings is 1. The number of benzene rings is 4. The van der Waals surface area contributed by atoms with E-state index >= 15 is 4.39 Å². The first-order chi connectivity index (χ1) is 35.0. The average Bonchev–Trinajstić information content (AvgIpc) is 3.37. The Bertz CT molecular complexity index is 3020. The van der Waals surface area contributed by atoms with Crippen LogP contribution in [0.5, 0.6) is 0 Å². The molecular weight excluding hydrogens is 930 g/mol. The molecule has 0 aliphatic carbocycles. The number of nitrogens with one attached hydrogen (secondary N) is 4. The molecule has 7 rings (SSSR count). The Morgan fingerprint density at radius 2 is 1.52 bits per heavy atom. The first kappa shape index (κ1) is 53.0. The largest absolute Gasteiger partial charge is 0.444 e. The van der Waals surface area contributed by atoms with Crippen LogP contribution in [0.1, 0.15) is 95.8 Å². The number of piperazine rings is 1. The van der Waals surface area contributed by atoms with Crippen LogP contribution < -0.4 is 21.5 Å². The van der Waals surface area contributed by atoms with Crippen molar-refractivity contribution in [2.75, 3.05) is 57.7 Å². The van der Waals surface area contributed by atoms with E-state index < -0.39 is 35.2 Å². The molecule has 0 spiro atoms. The number of nitrogens with zero attached hydrogens (tertiary/aromatic N) is 5. The summed E-state index contributed by atoms with van der Waals surface area (Å²) in [6, 6.07) is 28.8. The van der Waals surface area contributed by atoms with Gasteiger partial charge in [0.1, 0.15) is 18.0 Å². The number of rotatable bonds is 19. The maximum atomic E-state index is 15.0. The number of anilines is 1. The number of unbranched alkanes of at least 4 members (excludes halogenated alkanes) is 2. The van der Waals surface area contributed by atoms with Gasteiger partial charge in [-0.05, 0) is 100 Å². The van der Waals surface area contributed by atoms with E-state index in [1.165, 1.54) is 17.0 Å². The SMILES string of the molecule is CCc1cccc(-c2cnc(C(=O)NCCCCCNCC(=O)N3CCN(C(=O)c4cc(Cc5n[nH]c(=O)c6ccccc56)ccc4F)CC3)c(NC(=O)CN(Cc3cccc(C)c3)C(=O)OC(C)(C)C)c2)c1. The number of aryl methyl sites for hydroxylation is 2. The standard InChI is InChI=1S/C56H64FN9O7/c1-6-38-15-13-17-41(29-38)42-32-48(61-49(67)36-66(55(72)73-56(3,4)5)35-40-16-12-14-37(2)28-40)51(60-33-42)53(70)59-23-11-7-10-22-58-34-50(68)64-24-26-65(27-25-64)54(71)45-30-39(20-21-46(45)57)31-47-43-18-8-9-19-44(43)52(69)63-62-47/h8-9,12-21,28-30,32-33,58H,6-7,10-11,22-27,31,34-36H2,1-5H3,(H,59,70)(H,61,67)(H,63,69). The third-order valence-electron chi connectivity index (χ3n) is 12.4. The Balaban J connectivity index is 0.867. The molecule has 1 saturated heterocycles. The summed E-state index contributed by atoms with van der Waals surface area (Å²) in [5.74, 6) is -2.19. The van der Waals surface area contributed by atoms with Gasteiger partial charge in [0.15, 0.2) is 5.69 Å². The minimum absolute atomic E-state index is 0.0314. The van der Waals surface area contributed by atoms with Gasteiger partial charge in [0.25, 0.3) is 17.4 Å². The van der Waals surface area contributed by atoms with Gasteiger partial charge in [-0.15, -0.1) is 0 Å². The van der Waals surface area contributed by atoms with Crippen LogP contribution in [-0.4, -0.2) is 118 Å². The number of hydrogen-bond acceptors (Lipinski definition) is 10. The van der Waals surface area contributed by atoms with Crippen molar-refractivity contribution in [2.45, 2.75) is 78.9 Å². The fraction of sp³-hybridized carbons (Fsp3) is 0.357. The molecule has 3 heterocycles. The van der Waals surface area contributed by atoms with Crippen LogP contribution in [0.2, 0.25) is 0 Å². The molecule has 382 valence electrons. The lowest BCUT2D eigenvalue weighted by molar-refractivity contribution is -0.131. The van der Waals surface area contributed by atoms with E-state index in [1.54, 1.807) is 67.1 Å². The molecule has 6 aromatic rings. The number of halogens is 1. The smallest absolute Gasteiger partial charge is 0.411 e. The molecule has 1 aliphatic heterocycles. The summed E-state index contributed by atoms with van der Waals surface area (Å²) in [6.45, 7) is 11.3. The zero-order valence-corrected chi connectivity index (χ0v) is 42.2. The van der Waals surface area contributed by atoms with Crippen LogP contribution in [-0.2, 0) is 33.7 Å². The normalized spacial score (nSPS) is 12.6. The van der Waals surface area contributed by atoms with Gasteiger partial charge >= 0.3 is 6.09 Å². The minimum Gasteiger partial charge on any atom is -0.444 e. The summed E-state index contributed by atoms with van der Waals surface area (Å²) in [4.78, 5) is 88.8. The van der Waals surface area contributed by atoms with E-state index in [9.17, 15) is 28.8 Å². The molecule has 0 unspecified atom stereocenters. The minimum atomic E-state index is -0.791. The summed E-state index contributed by atoms with van der Waals surface area (Å²) < 4.78 is 20.7. The Morgan fingerprint density at radius 1 is 0.795 bits per heavy atom. The van der Waals surface area contributed by atoms with E-state index in [-0.39, 0.29) is 67.6 Å². The molecule has 4 N–H and O–H groups in total. The Labute approximate surface area is 424 Å². The Hall–Kier alpha value is -7.79. The van der Waals surface area contributed by atoms with Crippen molar-refractivity contribution >= 4 is 46.2 Å². The quantitative estimate of drug-likeness (QED) is 0.0592. The topological polar surface area (TPSA) is 199 Å². The number of fused-ring (bicyclic) bond motifs is 1. The van der Waals surface area contributed by atoms with Crippen molar-refractivity contribution in [3.05, 3.63) is 159 Å². The van der Waals surface area contributed by atoms with Crippen molar-refractivity contribution < 1.29 is 33.1 Å². The highest BCUT2D eigenvalue weighted by Crippen LogP contribution is 2.26. The van der Waals surface area contributed by atoms with Gasteiger partial charge in [0, 0.05) is 62.8 Å². The van der Waals surface area contributed by atoms with Crippen LogP contribution in [0.4, 0.5) is 14.9 Å². The number of ether oxygens (including phenoxy) is 1. The van der Waals surface area contributed by atoms with Crippen LogP contribution in [0.15, 0.2) is 108 Å². The number of amides is 5. The number of H-pyrrole nitrogens is 1. The third kappa shape index (κ3) is 14.7. The molecule has 0 radical (unpaired) electrons. The fourth-order valence-corrected chi connectivity index (χ4v) is 8.59. The van der Waals surface area contributed by atoms with Crippen molar-refractivity contribution in [2.24, 2.45) is 0 Å². The molecular formula is C56H64FN9O7. The van der Waals surface area contributed by atoms with Gasteiger partial charge in [0.05, 0.1) is 28.9 Å². The second-order valence-electron chi connectivity index (χ2n) is 19.3. The van der Waals surface area contributed by atoms with Gasteiger partial charge in [-0.25, -0.2) is 19.3 Å². The number of aromatic nitrogens is 3. The van der Waals surface area contributed by atoms with Gasteiger partial charge in [-0.1, -0.05) is 91.7 Å². The van der Waals surface area contributed by atoms with Crippen LogP contribution in [0.3, 0.4) is 0 Å². The summed E-state index contributed by atoms with van der Waals surface area (Å²) >= 11 is 0. The maximum Gasteiger partial charge on any atom is 0.411 e. The number of carbonyl (C=O) groups is 5. The van der Waals surface area contributed by atoms with E-state index in [4.69, 9.17) is 4.74 Å². The molecule has 0 saturated carbocycles. The number of hydrogen-bond donors (Lipinski definition) is 4. The van der Waals surface area contributed by atoms with Crippen LogP contribution in [0.25, 0.3) is 21.9 Å². The monoisotopic (exact) mass is 993 g/mol. The molecule has 0 bridgehead atoms. The molecule has 0 atom stereocenters. The highest BCUT2D eigenvalue weighted by atomic mass is 19.1. The van der Waals surface area contributed by atoms with Crippen molar-refractivity contribution in [1.82, 2.24) is 40.5 Å². The molecule has 73 heavy (non-hydrogen) atoms. The fourth-order valence-electron chi connectivity index (χ4n) is 8.59. The third-order valence-corrected chi connectivity index (χ3v) is 12.4. The molecule has 1 aliphatic rings. The zero-order chi connectivity index (χ0) is 52.1. The van der Waals surface area contributed by atoms with Gasteiger partial charge < -0.3 is 30.5 Å². The zero-order valence-electron chi connectivity index (χ0n) is 42.2. The Morgan fingerprint density at radius 3 is 2.27 bits per heavy atom. The summed E-state index contributed by atoms with van der Waals surface area (Å²) in [6.07, 6.45) is 4.21. The summed E-state index contributed by atoms with van der Waals surface area (Å²) in [5, 5.41) is 16.9. The lowest BCUT2D eigenvalue weighted by Gasteiger charge is -2.35. The summed E-state index contributed by atoms with van der Waals surface area (Å²) in [5.41, 5.74) is 4.89. The van der Waals surface area contributed by atoms with Gasteiger partial charge in [0.2, 0.25) is 11.8 Å². The van der Waals surface area contributed by atoms with Crippen LogP contribution in [0, 0.1) is 12.7 Å². The number of carbonyl (C=O) groups excluding carboxylic acids is 5. The van der Waals surface area contributed by atoms with Crippen LogP contribution >= 0.6 is 0 Å². The predicted molar refractivity (Wildman–Crippen MR) is 279 cm³/mol. The van der Waals surface area contributed by atoms with Crippen molar-refractivity contribution in [3.63, 3.8) is 0 Å². The van der Waals surface area contributed by atoms with E-state index in [2.05, 4.69) is 38.1 Å². The lowest BCUT2D eigenvalue weighted by Crippen LogP contribution is -2.52. The molecule has 16 nitrogen and oxygen atoms in total. The molecule has 4 aromatic carbocycles. The van der Waals surface area contributed by atoms with Crippen molar-refractivity contribution in [3.8, 4) is 11.1 Å². The lowest BCUT2D eigenvalue weighted by atomic mass is 10.0. The first-order valence-corrected chi connectivity index (χ1v) is 24.8. The van der Waals surface area contributed by atoms with E-state index in [0.717, 1.165) is 41.5 Å².